The standard InChI is InChI=1S/C29H24N5O4S/c1-38-24-16-30-25(21-12-6-5-11-20(21)24)26(35)32-33-29(39)31-19(15-18-9-3-2-4-10-18)17-34-27(36)22-13-7-8-14-23(22)28(34)37/h2-4,6-14,16,19H,15,17H2,1H3,(H,32,35)(H2,31,33,39)/t19-/m1/s1. The average molecular weight is 539 g/mol. The van der Waals surface area contributed by atoms with Crippen LogP contribution in [-0.2, 0) is 6.42 Å². The Bertz CT molecular complexity index is 1540. The molecular weight excluding hydrogens is 514 g/mol. The molecule has 4 aromatic rings. The molecule has 10 heteroatoms. The Morgan fingerprint density at radius 2 is 1.69 bits per heavy atom. The van der Waals surface area contributed by atoms with Crippen molar-refractivity contribution in [1.82, 2.24) is 26.1 Å². The Hall–Kier alpha value is -4.83. The summed E-state index contributed by atoms with van der Waals surface area (Å²) in [7, 11) is 1.53. The second-order valence-corrected chi connectivity index (χ2v) is 9.26. The number of methoxy groups -OCH3 is 1. The van der Waals surface area contributed by atoms with E-state index in [0.717, 1.165) is 5.56 Å². The monoisotopic (exact) mass is 538 g/mol. The SMILES string of the molecule is COc1cnc(C(=O)NNC(=S)N[C@H](Cc2ccccc2)CN2C(=O)c3ccccc3C2=O)c2cc[c]cc12. The third-order valence-corrected chi connectivity index (χ3v) is 6.58. The van der Waals surface area contributed by atoms with E-state index in [2.05, 4.69) is 27.2 Å². The number of benzene rings is 3. The van der Waals surface area contributed by atoms with Gasteiger partial charge in [0.05, 0.1) is 30.5 Å². The van der Waals surface area contributed by atoms with Crippen molar-refractivity contribution in [3.8, 4) is 5.75 Å². The number of aromatic nitrogens is 1. The second kappa shape index (κ2) is 11.3. The van der Waals surface area contributed by atoms with E-state index in [4.69, 9.17) is 17.0 Å². The minimum absolute atomic E-state index is 0.0815. The molecule has 9 nitrogen and oxygen atoms in total. The van der Waals surface area contributed by atoms with Crippen LogP contribution in [0.5, 0.6) is 5.75 Å². The molecule has 2 heterocycles. The number of carbonyl (C=O) groups is 3. The number of nitrogens with one attached hydrogen (secondary N) is 3. The minimum Gasteiger partial charge on any atom is -0.494 e. The highest BCUT2D eigenvalue weighted by Crippen LogP contribution is 2.26. The molecule has 1 radical (unpaired) electrons. The molecule has 0 aliphatic carbocycles. The summed E-state index contributed by atoms with van der Waals surface area (Å²) in [5.41, 5.74) is 7.21. The molecule has 1 aliphatic heterocycles. The predicted molar refractivity (Wildman–Crippen MR) is 149 cm³/mol. The van der Waals surface area contributed by atoms with E-state index < -0.39 is 11.9 Å². The zero-order chi connectivity index (χ0) is 27.4. The molecule has 195 valence electrons. The van der Waals surface area contributed by atoms with Gasteiger partial charge < -0.3 is 10.1 Å². The molecular formula is C29H24N5O4S. The molecule has 3 aromatic carbocycles. The number of rotatable bonds is 7. The van der Waals surface area contributed by atoms with Crippen LogP contribution >= 0.6 is 12.2 Å². The predicted octanol–water partition coefficient (Wildman–Crippen LogP) is 3.06. The number of nitrogens with zero attached hydrogens (tertiary/aromatic N) is 2. The van der Waals surface area contributed by atoms with Gasteiger partial charge in [-0.05, 0) is 48.5 Å². The Balaban J connectivity index is 1.28. The fraction of sp³-hybridized carbons (Fsp3) is 0.138. The van der Waals surface area contributed by atoms with Gasteiger partial charge in [-0.3, -0.25) is 30.1 Å². The van der Waals surface area contributed by atoms with Gasteiger partial charge in [-0.1, -0.05) is 54.6 Å². The lowest BCUT2D eigenvalue weighted by Gasteiger charge is -2.25. The number of amides is 3. The van der Waals surface area contributed by atoms with E-state index in [1.165, 1.54) is 18.2 Å². The number of hydrogen-bond donors (Lipinski definition) is 3. The highest BCUT2D eigenvalue weighted by molar-refractivity contribution is 7.80. The molecule has 0 fully saturated rings. The summed E-state index contributed by atoms with van der Waals surface area (Å²) in [6, 6.07) is 24.1. The molecule has 5 rings (SSSR count). The Morgan fingerprint density at radius 3 is 2.38 bits per heavy atom. The maximum absolute atomic E-state index is 13.0. The number of hydrogen-bond acceptors (Lipinski definition) is 6. The van der Waals surface area contributed by atoms with Crippen LogP contribution in [0.4, 0.5) is 0 Å². The van der Waals surface area contributed by atoms with Crippen LogP contribution in [0.2, 0.25) is 0 Å². The molecule has 3 N–H and O–H groups in total. The molecule has 1 aromatic heterocycles. The second-order valence-electron chi connectivity index (χ2n) is 8.85. The third-order valence-electron chi connectivity index (χ3n) is 6.36. The summed E-state index contributed by atoms with van der Waals surface area (Å²) in [4.78, 5) is 44.3. The quantitative estimate of drug-likeness (QED) is 0.187. The summed E-state index contributed by atoms with van der Waals surface area (Å²) in [5, 5.41) is 4.55. The van der Waals surface area contributed by atoms with Crippen molar-refractivity contribution in [3.63, 3.8) is 0 Å². The molecule has 1 aliphatic rings. The van der Waals surface area contributed by atoms with Gasteiger partial charge in [0.1, 0.15) is 11.4 Å². The summed E-state index contributed by atoms with van der Waals surface area (Å²) in [6.07, 6.45) is 1.95. The topological polar surface area (TPSA) is 113 Å². The molecule has 1 atom stereocenters. The van der Waals surface area contributed by atoms with Gasteiger partial charge in [-0.15, -0.1) is 0 Å². The fourth-order valence-corrected chi connectivity index (χ4v) is 4.74. The van der Waals surface area contributed by atoms with Gasteiger partial charge in [0.2, 0.25) is 0 Å². The van der Waals surface area contributed by atoms with Crippen LogP contribution in [0.15, 0.2) is 79.0 Å². The molecule has 0 saturated carbocycles. The van der Waals surface area contributed by atoms with Crippen LogP contribution < -0.4 is 20.9 Å². The van der Waals surface area contributed by atoms with Gasteiger partial charge in [0.25, 0.3) is 17.7 Å². The van der Waals surface area contributed by atoms with E-state index in [0.29, 0.717) is 34.1 Å². The lowest BCUT2D eigenvalue weighted by atomic mass is 10.1. The smallest absolute Gasteiger partial charge is 0.288 e. The van der Waals surface area contributed by atoms with Crippen molar-refractivity contribution in [2.75, 3.05) is 13.7 Å². The van der Waals surface area contributed by atoms with E-state index >= 15 is 0 Å². The van der Waals surface area contributed by atoms with Gasteiger partial charge in [-0.2, -0.15) is 0 Å². The third kappa shape index (κ3) is 5.41. The summed E-state index contributed by atoms with van der Waals surface area (Å²) < 4.78 is 5.33. The van der Waals surface area contributed by atoms with Gasteiger partial charge in [0.15, 0.2) is 5.11 Å². The lowest BCUT2D eigenvalue weighted by molar-refractivity contribution is 0.0641. The van der Waals surface area contributed by atoms with E-state index in [9.17, 15) is 14.4 Å². The molecule has 0 saturated heterocycles. The number of hydrazine groups is 1. The molecule has 39 heavy (non-hydrogen) atoms. The minimum atomic E-state index is -0.502. The normalized spacial score (nSPS) is 13.1. The zero-order valence-corrected chi connectivity index (χ0v) is 21.7. The van der Waals surface area contributed by atoms with Crippen molar-refractivity contribution in [1.29, 1.82) is 0 Å². The van der Waals surface area contributed by atoms with E-state index in [-0.39, 0.29) is 29.2 Å². The molecule has 0 bridgehead atoms. The van der Waals surface area contributed by atoms with Gasteiger partial charge in [0, 0.05) is 17.3 Å². The van der Waals surface area contributed by atoms with E-state index in [1.54, 1.807) is 42.5 Å². The summed E-state index contributed by atoms with van der Waals surface area (Å²) >= 11 is 5.45. The first-order chi connectivity index (χ1) is 19.0. The molecule has 0 spiro atoms. The van der Waals surface area contributed by atoms with Crippen LogP contribution in [0, 0.1) is 6.07 Å². The van der Waals surface area contributed by atoms with Crippen molar-refractivity contribution < 1.29 is 19.1 Å². The van der Waals surface area contributed by atoms with Crippen LogP contribution in [0.3, 0.4) is 0 Å². The highest BCUT2D eigenvalue weighted by atomic mass is 32.1. The first-order valence-electron chi connectivity index (χ1n) is 12.1. The number of thiocarbonyl (C=S) groups is 1. The molecule has 0 unspecified atom stereocenters. The van der Waals surface area contributed by atoms with E-state index in [1.807, 2.05) is 30.3 Å². The number of carbonyl (C=O) groups excluding carboxylic acids is 3. The van der Waals surface area contributed by atoms with Crippen molar-refractivity contribution in [2.24, 2.45) is 0 Å². The van der Waals surface area contributed by atoms with Crippen LogP contribution in [0.25, 0.3) is 10.8 Å². The fourth-order valence-electron chi connectivity index (χ4n) is 4.53. The lowest BCUT2D eigenvalue weighted by Crippen LogP contribution is -2.53. The average Bonchev–Trinajstić information content (AvgIpc) is 3.20. The molecule has 3 amide bonds. The zero-order valence-electron chi connectivity index (χ0n) is 20.9. The van der Waals surface area contributed by atoms with Crippen LogP contribution in [-0.4, -0.2) is 52.4 Å². The van der Waals surface area contributed by atoms with Crippen molar-refractivity contribution in [2.45, 2.75) is 12.5 Å². The summed E-state index contributed by atoms with van der Waals surface area (Å²) in [6.45, 7) is 0.0815. The Kier molecular flexibility index (Phi) is 7.46. The van der Waals surface area contributed by atoms with Crippen molar-refractivity contribution >= 4 is 45.8 Å². The first-order valence-corrected chi connectivity index (χ1v) is 12.6. The van der Waals surface area contributed by atoms with Gasteiger partial charge in [-0.25, -0.2) is 4.98 Å². The summed E-state index contributed by atoms with van der Waals surface area (Å²) in [5.74, 6) is -0.673. The largest absolute Gasteiger partial charge is 0.494 e. The Morgan fingerprint density at radius 1 is 1.00 bits per heavy atom. The first kappa shape index (κ1) is 25.8. The Labute approximate surface area is 230 Å². The van der Waals surface area contributed by atoms with Crippen LogP contribution in [0.1, 0.15) is 36.8 Å². The number of ether oxygens (including phenoxy) is 1. The number of fused-ring (bicyclic) bond motifs is 2. The number of pyridine rings is 1. The maximum Gasteiger partial charge on any atom is 0.288 e. The maximum atomic E-state index is 13.0. The van der Waals surface area contributed by atoms with Crippen molar-refractivity contribution in [3.05, 3.63) is 107 Å². The highest BCUT2D eigenvalue weighted by Gasteiger charge is 2.36. The number of imide groups is 1. The van der Waals surface area contributed by atoms with Gasteiger partial charge >= 0.3 is 0 Å².